The molecule has 0 aromatic heterocycles. The van der Waals surface area contributed by atoms with Crippen molar-refractivity contribution in [1.29, 1.82) is 0 Å². The van der Waals surface area contributed by atoms with Crippen molar-refractivity contribution < 1.29 is 20.4 Å². The quantitative estimate of drug-likeness (QED) is 0.101. The van der Waals surface area contributed by atoms with E-state index in [2.05, 4.69) is 186 Å². The van der Waals surface area contributed by atoms with Crippen LogP contribution in [0.5, 0.6) is 23.0 Å². The van der Waals surface area contributed by atoms with Crippen LogP contribution in [-0.2, 0) is 0 Å². The van der Waals surface area contributed by atoms with Crippen molar-refractivity contribution in [3.05, 3.63) is 138 Å². The van der Waals surface area contributed by atoms with Crippen LogP contribution in [0.3, 0.4) is 0 Å². The number of benzene rings is 5. The lowest BCUT2D eigenvalue weighted by molar-refractivity contribution is 0.465. The molecule has 5 rings (SSSR count). The highest BCUT2D eigenvalue weighted by atomic mass is 127. The van der Waals surface area contributed by atoms with E-state index in [-0.39, 0.29) is 23.3 Å². The third kappa shape index (κ3) is 7.12. The molecule has 0 saturated carbocycles. The van der Waals surface area contributed by atoms with Gasteiger partial charge in [0.05, 0.1) is 21.4 Å². The second-order valence-electron chi connectivity index (χ2n) is 11.3. The fraction of sp³-hybridized carbons (Fsp3) is 0.167. The zero-order valence-corrected chi connectivity index (χ0v) is 37.9. The molecule has 0 aliphatic rings. The Hall–Kier alpha value is -0.320. The molecule has 10 heteroatoms. The molecular formula is C36H28I6O4. The Kier molecular flexibility index (Phi) is 12.0. The molecule has 0 heterocycles. The molecular weight excluding hydrogens is 1260 g/mol. The van der Waals surface area contributed by atoms with Crippen LogP contribution < -0.4 is 0 Å². The lowest BCUT2D eigenvalue weighted by Crippen LogP contribution is -2.11. The Labute approximate surface area is 351 Å². The summed E-state index contributed by atoms with van der Waals surface area (Å²) >= 11 is 13.2. The number of aryl methyl sites for hydroxylation is 2. The number of rotatable bonds is 6. The molecule has 0 unspecified atom stereocenters. The smallest absolute Gasteiger partial charge is 0.142 e. The first-order chi connectivity index (χ1) is 21.6. The standard InChI is InChI=1S/C36H28I6O4/c1-15-9-23(17(3)31(41)33(15)43)30(24-10-16(2)34(44)32(42)18(24)4)20-7-5-19(6-8-20)29(21-11-25(37)35(45)26(38)12-21)22-13-27(39)36(46)28(40)14-22/h5-14,29-30,43-46H,1-4H3. The molecule has 0 spiro atoms. The van der Waals surface area contributed by atoms with Crippen LogP contribution in [-0.4, -0.2) is 20.4 Å². The van der Waals surface area contributed by atoms with Crippen molar-refractivity contribution >= 4 is 136 Å². The van der Waals surface area contributed by atoms with Crippen LogP contribution in [0.1, 0.15) is 67.5 Å². The minimum atomic E-state index is -0.144. The van der Waals surface area contributed by atoms with Gasteiger partial charge >= 0.3 is 0 Å². The molecule has 0 aliphatic carbocycles. The molecule has 0 amide bonds. The van der Waals surface area contributed by atoms with Gasteiger partial charge in [0, 0.05) is 11.8 Å². The van der Waals surface area contributed by atoms with Crippen molar-refractivity contribution in [2.45, 2.75) is 39.5 Å². The Morgan fingerprint density at radius 2 is 0.717 bits per heavy atom. The Morgan fingerprint density at radius 3 is 1.04 bits per heavy atom. The summed E-state index contributed by atoms with van der Waals surface area (Å²) in [5.74, 6) is 0.890. The van der Waals surface area contributed by atoms with E-state index in [1.54, 1.807) is 0 Å². The molecule has 238 valence electrons. The van der Waals surface area contributed by atoms with Gasteiger partial charge in [0.25, 0.3) is 0 Å². The average molecular weight is 1290 g/mol. The van der Waals surface area contributed by atoms with E-state index in [4.69, 9.17) is 0 Å². The number of hydrogen-bond acceptors (Lipinski definition) is 4. The fourth-order valence-corrected chi connectivity index (χ4v) is 11.0. The second-order valence-corrected chi connectivity index (χ2v) is 18.1. The summed E-state index contributed by atoms with van der Waals surface area (Å²) in [4.78, 5) is 0. The Morgan fingerprint density at radius 1 is 0.413 bits per heavy atom. The monoisotopic (exact) mass is 1290 g/mol. The summed E-state index contributed by atoms with van der Waals surface area (Å²) in [6.07, 6.45) is 0. The Bertz CT molecular complexity index is 1840. The van der Waals surface area contributed by atoms with Crippen LogP contribution in [0.15, 0.2) is 60.7 Å². The summed E-state index contributed by atoms with van der Waals surface area (Å²) in [5.41, 5.74) is 10.2. The highest BCUT2D eigenvalue weighted by Crippen LogP contribution is 2.45. The van der Waals surface area contributed by atoms with Crippen LogP contribution in [0.4, 0.5) is 0 Å². The van der Waals surface area contributed by atoms with Crippen molar-refractivity contribution in [2.24, 2.45) is 0 Å². The summed E-state index contributed by atoms with van der Waals surface area (Å²) in [6.45, 7) is 7.99. The molecule has 5 aromatic rings. The summed E-state index contributed by atoms with van der Waals surface area (Å²) in [5, 5.41) is 42.7. The van der Waals surface area contributed by atoms with Crippen LogP contribution in [0.2, 0.25) is 0 Å². The maximum absolute atomic E-state index is 10.8. The van der Waals surface area contributed by atoms with Gasteiger partial charge in [-0.1, -0.05) is 36.4 Å². The fourth-order valence-electron chi connectivity index (χ4n) is 5.86. The number of phenolic OH excluding ortho intramolecular Hbond substituents is 4. The lowest BCUT2D eigenvalue weighted by atomic mass is 9.78. The summed E-state index contributed by atoms with van der Waals surface area (Å²) in [6, 6.07) is 21.0. The normalized spacial score (nSPS) is 11.6. The molecule has 0 bridgehead atoms. The van der Waals surface area contributed by atoms with Crippen molar-refractivity contribution in [1.82, 2.24) is 0 Å². The van der Waals surface area contributed by atoms with Gasteiger partial charge in [-0.15, -0.1) is 0 Å². The molecule has 0 saturated heterocycles. The van der Waals surface area contributed by atoms with Crippen LogP contribution in [0.25, 0.3) is 0 Å². The van der Waals surface area contributed by atoms with Gasteiger partial charge in [0.2, 0.25) is 0 Å². The van der Waals surface area contributed by atoms with E-state index in [1.807, 2.05) is 38.1 Å². The van der Waals surface area contributed by atoms with E-state index in [0.29, 0.717) is 11.5 Å². The lowest BCUT2D eigenvalue weighted by Gasteiger charge is -2.27. The molecule has 0 atom stereocenters. The van der Waals surface area contributed by atoms with Gasteiger partial charge in [-0.3, -0.25) is 0 Å². The van der Waals surface area contributed by atoms with E-state index in [0.717, 1.165) is 77.1 Å². The first-order valence-electron chi connectivity index (χ1n) is 14.0. The SMILES string of the molecule is Cc1cc(C(c2ccc(C(c3cc(I)c(O)c(I)c3)c3cc(I)c(O)c(I)c3)cc2)c2cc(C)c(O)c(I)c2C)c(C)c(I)c1O. The predicted molar refractivity (Wildman–Crippen MR) is 236 cm³/mol. The maximum Gasteiger partial charge on any atom is 0.142 e. The Balaban J connectivity index is 1.75. The number of halogens is 6. The maximum atomic E-state index is 10.8. The van der Waals surface area contributed by atoms with E-state index in [9.17, 15) is 20.4 Å². The largest absolute Gasteiger partial charge is 0.507 e. The topological polar surface area (TPSA) is 80.9 Å². The zero-order valence-electron chi connectivity index (χ0n) is 25.0. The van der Waals surface area contributed by atoms with E-state index >= 15 is 0 Å². The molecule has 0 radical (unpaired) electrons. The average Bonchev–Trinajstić information content (AvgIpc) is 3.02. The summed E-state index contributed by atoms with van der Waals surface area (Å²) in [7, 11) is 0. The minimum absolute atomic E-state index is 0.140. The number of aromatic hydroxyl groups is 4. The summed E-state index contributed by atoms with van der Waals surface area (Å²) < 4.78 is 4.81. The van der Waals surface area contributed by atoms with Gasteiger partial charge in [0.1, 0.15) is 23.0 Å². The molecule has 4 N–H and O–H groups in total. The molecule has 5 aromatic carbocycles. The first kappa shape index (κ1) is 36.9. The predicted octanol–water partition coefficient (Wildman–Crippen LogP) is 11.7. The minimum Gasteiger partial charge on any atom is -0.507 e. The second kappa shape index (κ2) is 14.9. The molecule has 0 fully saturated rings. The van der Waals surface area contributed by atoms with Gasteiger partial charge in [-0.2, -0.15) is 0 Å². The van der Waals surface area contributed by atoms with Gasteiger partial charge in [0.15, 0.2) is 0 Å². The number of phenols is 4. The van der Waals surface area contributed by atoms with Crippen molar-refractivity contribution in [3.63, 3.8) is 0 Å². The van der Waals surface area contributed by atoms with Gasteiger partial charge in [-0.05, 0) is 243 Å². The van der Waals surface area contributed by atoms with Crippen LogP contribution >= 0.6 is 136 Å². The third-order valence-corrected chi connectivity index (χ3v) is 14.3. The zero-order chi connectivity index (χ0) is 33.8. The van der Waals surface area contributed by atoms with E-state index < -0.39 is 0 Å². The van der Waals surface area contributed by atoms with Gasteiger partial charge < -0.3 is 20.4 Å². The van der Waals surface area contributed by atoms with Crippen molar-refractivity contribution in [3.8, 4) is 23.0 Å². The molecule has 4 nitrogen and oxygen atoms in total. The van der Waals surface area contributed by atoms with Crippen LogP contribution in [0, 0.1) is 49.1 Å². The molecule has 0 aliphatic heterocycles. The highest BCUT2D eigenvalue weighted by molar-refractivity contribution is 14.1. The third-order valence-electron chi connectivity index (χ3n) is 8.40. The highest BCUT2D eigenvalue weighted by Gasteiger charge is 2.27. The van der Waals surface area contributed by atoms with E-state index in [1.165, 1.54) is 0 Å². The molecule has 46 heavy (non-hydrogen) atoms. The first-order valence-corrected chi connectivity index (χ1v) is 20.5. The number of hydrogen-bond donors (Lipinski definition) is 4. The van der Waals surface area contributed by atoms with Gasteiger partial charge in [-0.25, -0.2) is 0 Å². The van der Waals surface area contributed by atoms with Crippen molar-refractivity contribution in [2.75, 3.05) is 0 Å².